The molecule has 1 aromatic rings. The highest BCUT2D eigenvalue weighted by Gasteiger charge is 2.23. The van der Waals surface area contributed by atoms with Gasteiger partial charge in [0.15, 0.2) is 0 Å². The van der Waals surface area contributed by atoms with Crippen LogP contribution in [0.4, 0.5) is 0 Å². The van der Waals surface area contributed by atoms with Gasteiger partial charge in [0, 0.05) is 35.3 Å². The van der Waals surface area contributed by atoms with Crippen molar-refractivity contribution in [2.24, 2.45) is 5.92 Å². The van der Waals surface area contributed by atoms with E-state index in [9.17, 15) is 0 Å². The molecule has 2 rings (SSSR count). The fourth-order valence-electron chi connectivity index (χ4n) is 1.94. The van der Waals surface area contributed by atoms with Gasteiger partial charge in [-0.2, -0.15) is 0 Å². The first-order chi connectivity index (χ1) is 8.81. The summed E-state index contributed by atoms with van der Waals surface area (Å²) in [6, 6.07) is 2.19. The second-order valence-electron chi connectivity index (χ2n) is 4.85. The van der Waals surface area contributed by atoms with Crippen molar-refractivity contribution in [2.45, 2.75) is 32.7 Å². The minimum Gasteiger partial charge on any atom is -0.395 e. The van der Waals surface area contributed by atoms with Crippen LogP contribution in [0.15, 0.2) is 11.4 Å². The van der Waals surface area contributed by atoms with Gasteiger partial charge in [-0.15, -0.1) is 11.3 Å². The first-order valence-electron chi connectivity index (χ1n) is 6.71. The van der Waals surface area contributed by atoms with E-state index in [0.29, 0.717) is 6.42 Å². The van der Waals surface area contributed by atoms with Gasteiger partial charge in [-0.05, 0) is 31.4 Å². The molecular formula is C15H21NOS. The zero-order chi connectivity index (χ0) is 12.8. The van der Waals surface area contributed by atoms with Crippen LogP contribution in [0, 0.1) is 17.8 Å². The summed E-state index contributed by atoms with van der Waals surface area (Å²) in [7, 11) is 0. The molecular weight excluding hydrogens is 242 g/mol. The normalized spacial score (nSPS) is 14.6. The van der Waals surface area contributed by atoms with Crippen LogP contribution < -0.4 is 0 Å². The molecule has 1 heterocycles. The Hall–Kier alpha value is -0.820. The molecule has 3 heteroatoms. The van der Waals surface area contributed by atoms with Gasteiger partial charge in [-0.1, -0.05) is 18.8 Å². The Morgan fingerprint density at radius 2 is 2.33 bits per heavy atom. The van der Waals surface area contributed by atoms with Gasteiger partial charge in [-0.25, -0.2) is 0 Å². The molecule has 1 saturated carbocycles. The van der Waals surface area contributed by atoms with Crippen LogP contribution in [0.25, 0.3) is 0 Å². The molecule has 1 N–H and O–H groups in total. The van der Waals surface area contributed by atoms with E-state index in [1.807, 2.05) is 0 Å². The predicted molar refractivity (Wildman–Crippen MR) is 76.6 cm³/mol. The van der Waals surface area contributed by atoms with Crippen molar-refractivity contribution in [3.05, 3.63) is 21.9 Å². The van der Waals surface area contributed by atoms with Crippen LogP contribution in [0.1, 0.15) is 36.6 Å². The average molecular weight is 263 g/mol. The number of aliphatic hydroxyl groups is 1. The van der Waals surface area contributed by atoms with Crippen molar-refractivity contribution < 1.29 is 5.11 Å². The van der Waals surface area contributed by atoms with E-state index in [-0.39, 0.29) is 6.61 Å². The molecule has 0 spiro atoms. The molecule has 2 nitrogen and oxygen atoms in total. The minimum absolute atomic E-state index is 0.148. The van der Waals surface area contributed by atoms with E-state index in [2.05, 4.69) is 35.1 Å². The highest BCUT2D eigenvalue weighted by molar-refractivity contribution is 7.10. The lowest BCUT2D eigenvalue weighted by Gasteiger charge is -2.18. The van der Waals surface area contributed by atoms with Crippen molar-refractivity contribution in [1.29, 1.82) is 0 Å². The van der Waals surface area contributed by atoms with E-state index in [4.69, 9.17) is 5.11 Å². The number of nitrogens with zero attached hydrogens (tertiary/aromatic N) is 1. The summed E-state index contributed by atoms with van der Waals surface area (Å²) in [5.41, 5.74) is 1.09. The van der Waals surface area contributed by atoms with Gasteiger partial charge >= 0.3 is 0 Å². The molecule has 0 unspecified atom stereocenters. The molecule has 1 aromatic heterocycles. The zero-order valence-electron chi connectivity index (χ0n) is 11.0. The van der Waals surface area contributed by atoms with Crippen molar-refractivity contribution >= 4 is 11.3 Å². The molecule has 0 amide bonds. The Kier molecular flexibility index (Phi) is 5.25. The number of hydrogen-bond acceptors (Lipinski definition) is 3. The lowest BCUT2D eigenvalue weighted by molar-refractivity contribution is 0.271. The molecule has 0 radical (unpaired) electrons. The summed E-state index contributed by atoms with van der Waals surface area (Å²) in [5, 5.41) is 10.8. The molecule has 0 saturated heterocycles. The van der Waals surface area contributed by atoms with E-state index in [0.717, 1.165) is 24.6 Å². The monoisotopic (exact) mass is 263 g/mol. The lowest BCUT2D eigenvalue weighted by Crippen LogP contribution is -2.24. The van der Waals surface area contributed by atoms with Crippen LogP contribution >= 0.6 is 11.3 Å². The summed E-state index contributed by atoms with van der Waals surface area (Å²) < 4.78 is 0. The molecule has 98 valence electrons. The minimum atomic E-state index is 0.148. The highest BCUT2D eigenvalue weighted by atomic mass is 32.1. The fourth-order valence-corrected chi connectivity index (χ4v) is 2.80. The molecule has 1 aliphatic rings. The maximum absolute atomic E-state index is 8.68. The van der Waals surface area contributed by atoms with Crippen LogP contribution in [-0.2, 0) is 6.54 Å². The molecule has 18 heavy (non-hydrogen) atoms. The smallest absolute Gasteiger partial charge is 0.0540 e. The summed E-state index contributed by atoms with van der Waals surface area (Å²) in [6.45, 7) is 5.81. The molecule has 0 atom stereocenters. The van der Waals surface area contributed by atoms with Crippen LogP contribution in [-0.4, -0.2) is 29.7 Å². The summed E-state index contributed by atoms with van der Waals surface area (Å²) in [5.74, 6) is 7.01. The maximum Gasteiger partial charge on any atom is 0.0540 e. The SMILES string of the molecule is CCN(Cc1cc(C#CCCO)cs1)CC1CC1. The number of thiophene rings is 1. The molecule has 1 fully saturated rings. The van der Waals surface area contributed by atoms with Gasteiger partial charge in [0.1, 0.15) is 0 Å². The highest BCUT2D eigenvalue weighted by Crippen LogP contribution is 2.30. The number of hydrogen-bond donors (Lipinski definition) is 1. The first kappa shape index (κ1) is 13.6. The Bertz CT molecular complexity index is 425. The maximum atomic E-state index is 8.68. The van der Waals surface area contributed by atoms with E-state index >= 15 is 0 Å². The van der Waals surface area contributed by atoms with Gasteiger partial charge in [0.05, 0.1) is 6.61 Å². The van der Waals surface area contributed by atoms with Gasteiger partial charge in [-0.3, -0.25) is 4.90 Å². The topological polar surface area (TPSA) is 23.5 Å². The quantitative estimate of drug-likeness (QED) is 0.798. The van der Waals surface area contributed by atoms with Crippen molar-refractivity contribution in [3.63, 3.8) is 0 Å². The first-order valence-corrected chi connectivity index (χ1v) is 7.59. The third-order valence-electron chi connectivity index (χ3n) is 3.16. The molecule has 0 aliphatic heterocycles. The predicted octanol–water partition coefficient (Wildman–Crippen LogP) is 2.71. The Morgan fingerprint density at radius 3 is 3.00 bits per heavy atom. The second kappa shape index (κ2) is 6.94. The summed E-state index contributed by atoms with van der Waals surface area (Å²) in [6.07, 6.45) is 3.39. The van der Waals surface area contributed by atoms with Crippen molar-refractivity contribution in [3.8, 4) is 11.8 Å². The fraction of sp³-hybridized carbons (Fsp3) is 0.600. The second-order valence-corrected chi connectivity index (χ2v) is 5.84. The third kappa shape index (κ3) is 4.45. The van der Waals surface area contributed by atoms with Gasteiger partial charge < -0.3 is 5.11 Å². The Morgan fingerprint density at radius 1 is 1.50 bits per heavy atom. The number of rotatable bonds is 6. The third-order valence-corrected chi connectivity index (χ3v) is 4.08. The van der Waals surface area contributed by atoms with E-state index in [1.165, 1.54) is 24.3 Å². The van der Waals surface area contributed by atoms with Crippen molar-refractivity contribution in [1.82, 2.24) is 4.90 Å². The van der Waals surface area contributed by atoms with Gasteiger partial charge in [0.2, 0.25) is 0 Å². The Balaban J connectivity index is 1.86. The van der Waals surface area contributed by atoms with E-state index in [1.54, 1.807) is 11.3 Å². The lowest BCUT2D eigenvalue weighted by atomic mass is 10.3. The van der Waals surface area contributed by atoms with Crippen LogP contribution in [0.3, 0.4) is 0 Å². The van der Waals surface area contributed by atoms with E-state index < -0.39 is 0 Å². The van der Waals surface area contributed by atoms with Gasteiger partial charge in [0.25, 0.3) is 0 Å². The standard InChI is InChI=1S/C15H21NOS/c1-2-16(10-13-6-7-13)11-15-9-14(12-18-15)5-3-4-8-17/h9,12-13,17H,2,4,6-8,10-11H2,1H3. The Labute approximate surface area is 114 Å². The van der Waals surface area contributed by atoms with Crippen LogP contribution in [0.2, 0.25) is 0 Å². The molecule has 1 aliphatic carbocycles. The summed E-state index contributed by atoms with van der Waals surface area (Å²) in [4.78, 5) is 3.92. The van der Waals surface area contributed by atoms with Crippen molar-refractivity contribution in [2.75, 3.05) is 19.7 Å². The average Bonchev–Trinajstić information content (AvgIpc) is 3.08. The van der Waals surface area contributed by atoms with Crippen LogP contribution in [0.5, 0.6) is 0 Å². The summed E-state index contributed by atoms with van der Waals surface area (Å²) >= 11 is 1.79. The largest absolute Gasteiger partial charge is 0.395 e. The number of aliphatic hydroxyl groups excluding tert-OH is 1. The molecule has 0 bridgehead atoms. The molecule has 0 aromatic carbocycles. The zero-order valence-corrected chi connectivity index (χ0v) is 11.8.